The van der Waals surface area contributed by atoms with Gasteiger partial charge < -0.3 is 15.2 Å². The number of nitrogens with zero attached hydrogens (tertiary/aromatic N) is 1. The molecule has 3 aliphatic heterocycles. The van der Waals surface area contributed by atoms with Gasteiger partial charge in [0, 0.05) is 28.9 Å². The van der Waals surface area contributed by atoms with Crippen molar-refractivity contribution in [1.82, 2.24) is 4.90 Å². The second kappa shape index (κ2) is 8.23. The van der Waals surface area contributed by atoms with Crippen molar-refractivity contribution in [3.05, 3.63) is 83.1 Å². The number of carbonyl (C=O) groups excluding carboxylic acids is 1. The van der Waals surface area contributed by atoms with E-state index in [0.29, 0.717) is 28.1 Å². The SMILES string of the molecule is C=C(O)c1ccc2c(c1)/C(=C1/C=C(c3ccc(CN4CCCCC4)cc3)C(C)(C)O1)C(=O)N2. The van der Waals surface area contributed by atoms with E-state index >= 15 is 0 Å². The van der Waals surface area contributed by atoms with Gasteiger partial charge in [0.1, 0.15) is 17.1 Å². The monoisotopic (exact) mass is 442 g/mol. The average Bonchev–Trinajstić information content (AvgIpc) is 3.29. The zero-order valence-electron chi connectivity index (χ0n) is 19.3. The Balaban J connectivity index is 1.47. The molecule has 5 nitrogen and oxygen atoms in total. The van der Waals surface area contributed by atoms with Crippen LogP contribution in [0.1, 0.15) is 55.4 Å². The van der Waals surface area contributed by atoms with E-state index in [2.05, 4.69) is 41.1 Å². The molecule has 0 aromatic heterocycles. The topological polar surface area (TPSA) is 61.8 Å². The van der Waals surface area contributed by atoms with Gasteiger partial charge in [-0.25, -0.2) is 0 Å². The highest BCUT2D eigenvalue weighted by Crippen LogP contribution is 2.44. The van der Waals surface area contributed by atoms with Gasteiger partial charge in [-0.05, 0) is 75.2 Å². The van der Waals surface area contributed by atoms with Crippen LogP contribution in [0.2, 0.25) is 0 Å². The summed E-state index contributed by atoms with van der Waals surface area (Å²) in [6.45, 7) is 11.0. The molecule has 3 aliphatic rings. The normalized spacial score (nSPS) is 21.9. The molecule has 1 amide bonds. The Labute approximate surface area is 195 Å². The smallest absolute Gasteiger partial charge is 0.260 e. The molecule has 3 heterocycles. The number of piperidine rings is 1. The first-order valence-corrected chi connectivity index (χ1v) is 11.6. The molecule has 0 bridgehead atoms. The number of ether oxygens (including phenoxy) is 1. The van der Waals surface area contributed by atoms with Crippen molar-refractivity contribution in [1.29, 1.82) is 0 Å². The number of hydrogen-bond acceptors (Lipinski definition) is 4. The highest BCUT2D eigenvalue weighted by Gasteiger charge is 2.38. The van der Waals surface area contributed by atoms with Crippen molar-refractivity contribution >= 4 is 28.5 Å². The van der Waals surface area contributed by atoms with Crippen molar-refractivity contribution in [2.45, 2.75) is 45.3 Å². The van der Waals surface area contributed by atoms with Crippen LogP contribution in [0.5, 0.6) is 0 Å². The lowest BCUT2D eigenvalue weighted by Gasteiger charge is -2.26. The Morgan fingerprint density at radius 3 is 2.55 bits per heavy atom. The van der Waals surface area contributed by atoms with Gasteiger partial charge in [0.05, 0.1) is 5.57 Å². The minimum atomic E-state index is -0.571. The number of aliphatic hydroxyl groups is 1. The number of hydrogen-bond donors (Lipinski definition) is 2. The third-order valence-electron chi connectivity index (χ3n) is 6.75. The van der Waals surface area contributed by atoms with E-state index in [1.54, 1.807) is 18.2 Å². The lowest BCUT2D eigenvalue weighted by molar-refractivity contribution is -0.111. The van der Waals surface area contributed by atoms with Gasteiger partial charge in [0.2, 0.25) is 0 Å². The van der Waals surface area contributed by atoms with E-state index in [1.807, 2.05) is 19.9 Å². The number of aliphatic hydroxyl groups excluding tert-OH is 1. The molecule has 0 radical (unpaired) electrons. The summed E-state index contributed by atoms with van der Waals surface area (Å²) >= 11 is 0. The molecule has 0 saturated carbocycles. The number of carbonyl (C=O) groups is 1. The van der Waals surface area contributed by atoms with Crippen molar-refractivity contribution in [3.63, 3.8) is 0 Å². The van der Waals surface area contributed by atoms with Crippen LogP contribution in [0.25, 0.3) is 16.9 Å². The molecule has 33 heavy (non-hydrogen) atoms. The zero-order valence-corrected chi connectivity index (χ0v) is 19.3. The summed E-state index contributed by atoms with van der Waals surface area (Å²) in [5.41, 5.74) is 5.36. The van der Waals surface area contributed by atoms with Gasteiger partial charge in [0.25, 0.3) is 5.91 Å². The van der Waals surface area contributed by atoms with Crippen LogP contribution in [0, 0.1) is 0 Å². The predicted molar refractivity (Wildman–Crippen MR) is 132 cm³/mol. The maximum absolute atomic E-state index is 12.8. The van der Waals surface area contributed by atoms with Crippen molar-refractivity contribution in [2.75, 3.05) is 18.4 Å². The van der Waals surface area contributed by atoms with Crippen LogP contribution in [-0.4, -0.2) is 34.6 Å². The van der Waals surface area contributed by atoms with Crippen molar-refractivity contribution in [3.8, 4) is 0 Å². The molecule has 0 unspecified atom stereocenters. The number of benzene rings is 2. The number of nitrogens with one attached hydrogen (secondary N) is 1. The van der Waals surface area contributed by atoms with Crippen LogP contribution < -0.4 is 5.32 Å². The maximum atomic E-state index is 12.8. The van der Waals surface area contributed by atoms with Gasteiger partial charge in [-0.1, -0.05) is 37.3 Å². The van der Waals surface area contributed by atoms with E-state index in [-0.39, 0.29) is 11.7 Å². The van der Waals surface area contributed by atoms with Crippen LogP contribution in [-0.2, 0) is 16.1 Å². The molecular weight excluding hydrogens is 412 g/mol. The van der Waals surface area contributed by atoms with Crippen LogP contribution in [0.3, 0.4) is 0 Å². The first-order chi connectivity index (χ1) is 15.8. The zero-order chi connectivity index (χ0) is 23.2. The van der Waals surface area contributed by atoms with Gasteiger partial charge in [-0.15, -0.1) is 0 Å². The summed E-state index contributed by atoms with van der Waals surface area (Å²) in [4.78, 5) is 15.3. The van der Waals surface area contributed by atoms with Gasteiger partial charge in [-0.3, -0.25) is 9.69 Å². The summed E-state index contributed by atoms with van der Waals surface area (Å²) in [7, 11) is 0. The van der Waals surface area contributed by atoms with Crippen LogP contribution >= 0.6 is 0 Å². The number of fused-ring (bicyclic) bond motifs is 1. The fraction of sp³-hybridized carbons (Fsp3) is 0.321. The van der Waals surface area contributed by atoms with E-state index in [9.17, 15) is 9.90 Å². The van der Waals surface area contributed by atoms with E-state index in [0.717, 1.165) is 17.7 Å². The average molecular weight is 443 g/mol. The van der Waals surface area contributed by atoms with Crippen molar-refractivity contribution < 1.29 is 14.6 Å². The maximum Gasteiger partial charge on any atom is 0.260 e. The van der Waals surface area contributed by atoms with Gasteiger partial charge in [-0.2, -0.15) is 0 Å². The molecule has 170 valence electrons. The molecule has 0 spiro atoms. The van der Waals surface area contributed by atoms with E-state index in [1.165, 1.54) is 37.9 Å². The molecule has 2 aromatic rings. The van der Waals surface area contributed by atoms with Gasteiger partial charge in [0.15, 0.2) is 0 Å². The minimum absolute atomic E-state index is 0.0324. The Morgan fingerprint density at radius 2 is 1.85 bits per heavy atom. The quantitative estimate of drug-likeness (QED) is 0.467. The summed E-state index contributed by atoms with van der Waals surface area (Å²) in [6, 6.07) is 14.0. The van der Waals surface area contributed by atoms with E-state index in [4.69, 9.17) is 4.74 Å². The lowest BCUT2D eigenvalue weighted by Crippen LogP contribution is -2.29. The van der Waals surface area contributed by atoms with Gasteiger partial charge >= 0.3 is 0 Å². The first-order valence-electron chi connectivity index (χ1n) is 11.6. The standard InChI is InChI=1S/C28H30N2O3/c1-18(31)21-11-12-24-22(15-21)26(27(32)29-24)25-16-23(28(2,3)33-25)20-9-7-19(8-10-20)17-30-13-5-4-6-14-30/h7-12,15-16,31H,1,4-6,13-14,17H2,2-3H3,(H,29,32)/b26-25+. The molecule has 0 aliphatic carbocycles. The molecular formula is C28H30N2O3. The Hall–Kier alpha value is -3.31. The summed E-state index contributed by atoms with van der Waals surface area (Å²) in [5.74, 6) is 0.310. The predicted octanol–water partition coefficient (Wildman–Crippen LogP) is 5.76. The minimum Gasteiger partial charge on any atom is -0.508 e. The molecule has 5 rings (SSSR count). The van der Waals surface area contributed by atoms with E-state index < -0.39 is 5.60 Å². The molecule has 1 fully saturated rings. The van der Waals surface area contributed by atoms with Crippen LogP contribution in [0.4, 0.5) is 5.69 Å². The fourth-order valence-electron chi connectivity index (χ4n) is 4.98. The van der Waals surface area contributed by atoms with Crippen molar-refractivity contribution in [2.24, 2.45) is 0 Å². The Bertz CT molecular complexity index is 1180. The molecule has 0 atom stereocenters. The second-order valence-electron chi connectivity index (χ2n) is 9.60. The number of allylic oxidation sites excluding steroid dienone is 1. The Kier molecular flexibility index (Phi) is 5.37. The Morgan fingerprint density at radius 1 is 1.12 bits per heavy atom. The third kappa shape index (κ3) is 4.09. The molecule has 2 N–H and O–H groups in total. The lowest BCUT2D eigenvalue weighted by atomic mass is 9.91. The fourth-order valence-corrected chi connectivity index (χ4v) is 4.98. The summed E-state index contributed by atoms with van der Waals surface area (Å²) < 4.78 is 6.31. The second-order valence-corrected chi connectivity index (χ2v) is 9.60. The van der Waals surface area contributed by atoms with Crippen LogP contribution in [0.15, 0.2) is 60.9 Å². The third-order valence-corrected chi connectivity index (χ3v) is 6.75. The largest absolute Gasteiger partial charge is 0.508 e. The number of anilines is 1. The number of amides is 1. The highest BCUT2D eigenvalue weighted by atomic mass is 16.5. The number of likely N-dealkylation sites (tertiary alicyclic amines) is 1. The molecule has 5 heteroatoms. The highest BCUT2D eigenvalue weighted by molar-refractivity contribution is 6.32. The summed E-state index contributed by atoms with van der Waals surface area (Å²) in [6.07, 6.45) is 5.90. The molecule has 2 aromatic carbocycles. The molecule has 1 saturated heterocycles. The summed E-state index contributed by atoms with van der Waals surface area (Å²) in [5, 5.41) is 12.7. The first kappa shape index (κ1) is 21.5. The number of rotatable bonds is 4.